The second-order valence-electron chi connectivity index (χ2n) is 6.44. The highest BCUT2D eigenvalue weighted by Crippen LogP contribution is 2.09. The second kappa shape index (κ2) is 10.0. The van der Waals surface area contributed by atoms with E-state index < -0.39 is 23.6 Å². The van der Waals surface area contributed by atoms with Crippen molar-refractivity contribution < 1.29 is 24.2 Å². The number of carboxylic acids is 1. The molecule has 0 aliphatic carbocycles. The van der Waals surface area contributed by atoms with Crippen LogP contribution < -0.4 is 11.1 Å². The lowest BCUT2D eigenvalue weighted by atomic mass is 10.1. The first kappa shape index (κ1) is 22.9. The predicted octanol–water partition coefficient (Wildman–Crippen LogP) is 1.52. The number of halogens is 1. The first-order valence-corrected chi connectivity index (χ1v) is 7.66. The van der Waals surface area contributed by atoms with Crippen LogP contribution >= 0.6 is 12.4 Å². The first-order chi connectivity index (χ1) is 11.1. The van der Waals surface area contributed by atoms with Crippen LogP contribution in [0.25, 0.3) is 0 Å². The first-order valence-electron chi connectivity index (χ1n) is 7.66. The molecule has 0 aliphatic rings. The number of nitrogens with one attached hydrogen (secondary N) is 1. The van der Waals surface area contributed by atoms with Gasteiger partial charge < -0.3 is 20.9 Å². The number of benzene rings is 1. The summed E-state index contributed by atoms with van der Waals surface area (Å²) in [6.07, 6.45) is 0.442. The number of aryl methyl sites for hydroxylation is 1. The van der Waals surface area contributed by atoms with Gasteiger partial charge in [0.25, 0.3) is 5.91 Å². The lowest BCUT2D eigenvalue weighted by Gasteiger charge is -2.22. The van der Waals surface area contributed by atoms with Crippen LogP contribution in [0.2, 0.25) is 0 Å². The van der Waals surface area contributed by atoms with Gasteiger partial charge >= 0.3 is 11.9 Å². The molecule has 0 unspecified atom stereocenters. The fraction of sp³-hybridized carbons (Fsp3) is 0.471. The third-order valence-electron chi connectivity index (χ3n) is 3.04. The molecule has 1 aromatic carbocycles. The minimum absolute atomic E-state index is 0. The molecule has 7 nitrogen and oxygen atoms in total. The van der Waals surface area contributed by atoms with Gasteiger partial charge in [-0.3, -0.25) is 14.4 Å². The van der Waals surface area contributed by atoms with Crippen molar-refractivity contribution in [3.8, 4) is 0 Å². The van der Waals surface area contributed by atoms with Crippen molar-refractivity contribution in [2.24, 2.45) is 5.73 Å². The Morgan fingerprint density at radius 2 is 1.76 bits per heavy atom. The number of ether oxygens (including phenoxy) is 1. The van der Waals surface area contributed by atoms with Gasteiger partial charge in [0, 0.05) is 18.5 Å². The molecule has 0 saturated heterocycles. The molecular formula is C17H25ClN2O5. The van der Waals surface area contributed by atoms with Gasteiger partial charge in [-0.2, -0.15) is 0 Å². The zero-order chi connectivity index (χ0) is 18.3. The number of rotatable bonds is 7. The van der Waals surface area contributed by atoms with E-state index in [1.165, 1.54) is 0 Å². The molecule has 0 fully saturated rings. The van der Waals surface area contributed by atoms with Gasteiger partial charge in [0.1, 0.15) is 11.6 Å². The number of hydrogen-bond donors (Lipinski definition) is 3. The van der Waals surface area contributed by atoms with Crippen LogP contribution in [-0.4, -0.2) is 41.1 Å². The largest absolute Gasteiger partial charge is 0.481 e. The van der Waals surface area contributed by atoms with Crippen molar-refractivity contribution in [2.45, 2.75) is 45.3 Å². The second-order valence-corrected chi connectivity index (χ2v) is 6.44. The lowest BCUT2D eigenvalue weighted by molar-refractivity contribution is -0.156. The van der Waals surface area contributed by atoms with Crippen molar-refractivity contribution in [2.75, 3.05) is 6.54 Å². The predicted molar refractivity (Wildman–Crippen MR) is 95.8 cm³/mol. The van der Waals surface area contributed by atoms with Gasteiger partial charge in [-0.05, 0) is 44.9 Å². The van der Waals surface area contributed by atoms with Crippen LogP contribution in [0.4, 0.5) is 0 Å². The molecule has 0 aromatic heterocycles. The minimum Gasteiger partial charge on any atom is -0.481 e. The standard InChI is InChI=1S/C17H24N2O5.ClH/c1-17(2,3)24-16(23)13(18)10-19-15(22)12-7-4-11(5-8-12)6-9-14(20)21;/h4-5,7-8,13H,6,9-10,18H2,1-3H3,(H,19,22)(H,20,21);1H/t13-;/m0./s1. The third-order valence-corrected chi connectivity index (χ3v) is 3.04. The van der Waals surface area contributed by atoms with Gasteiger partial charge in [-0.1, -0.05) is 12.1 Å². The summed E-state index contributed by atoms with van der Waals surface area (Å²) in [7, 11) is 0. The summed E-state index contributed by atoms with van der Waals surface area (Å²) in [5, 5.41) is 11.2. The lowest BCUT2D eigenvalue weighted by Crippen LogP contribution is -2.45. The molecule has 0 aliphatic heterocycles. The van der Waals surface area contributed by atoms with E-state index in [1.54, 1.807) is 45.0 Å². The van der Waals surface area contributed by atoms with E-state index in [0.717, 1.165) is 5.56 Å². The van der Waals surface area contributed by atoms with E-state index in [4.69, 9.17) is 15.6 Å². The molecule has 1 amide bonds. The summed E-state index contributed by atoms with van der Waals surface area (Å²) in [5.41, 5.74) is 6.30. The molecule has 0 radical (unpaired) electrons. The maximum atomic E-state index is 12.0. The van der Waals surface area contributed by atoms with E-state index in [1.807, 2.05) is 0 Å². The van der Waals surface area contributed by atoms with Gasteiger partial charge in [0.2, 0.25) is 0 Å². The number of carbonyl (C=O) groups is 3. The molecule has 8 heteroatoms. The number of hydrogen-bond acceptors (Lipinski definition) is 5. The van der Waals surface area contributed by atoms with Crippen LogP contribution in [0.15, 0.2) is 24.3 Å². The zero-order valence-electron chi connectivity index (χ0n) is 14.6. The van der Waals surface area contributed by atoms with Gasteiger partial charge in [-0.15, -0.1) is 12.4 Å². The Morgan fingerprint density at radius 3 is 2.24 bits per heavy atom. The molecule has 1 rings (SSSR count). The topological polar surface area (TPSA) is 119 Å². The summed E-state index contributed by atoms with van der Waals surface area (Å²) in [4.78, 5) is 34.3. The van der Waals surface area contributed by atoms with Crippen LogP contribution in [-0.2, 0) is 20.7 Å². The number of carboxylic acid groups (broad SMARTS) is 1. The molecule has 0 bridgehead atoms. The normalized spacial score (nSPS) is 11.8. The summed E-state index contributed by atoms with van der Waals surface area (Å²) in [6.45, 7) is 5.18. The van der Waals surface area contributed by atoms with Crippen LogP contribution in [0.5, 0.6) is 0 Å². The Hall–Kier alpha value is -2.12. The Kier molecular flexibility index (Phi) is 9.16. The van der Waals surface area contributed by atoms with Crippen LogP contribution in [0.1, 0.15) is 43.1 Å². The van der Waals surface area contributed by atoms with Crippen molar-refractivity contribution in [3.05, 3.63) is 35.4 Å². The van der Waals surface area contributed by atoms with Crippen molar-refractivity contribution in [1.29, 1.82) is 0 Å². The Labute approximate surface area is 153 Å². The Morgan fingerprint density at radius 1 is 1.20 bits per heavy atom. The fourth-order valence-electron chi connectivity index (χ4n) is 1.84. The maximum Gasteiger partial charge on any atom is 0.325 e. The molecular weight excluding hydrogens is 348 g/mol. The van der Waals surface area contributed by atoms with Crippen LogP contribution in [0, 0.1) is 0 Å². The van der Waals surface area contributed by atoms with Crippen molar-refractivity contribution in [3.63, 3.8) is 0 Å². The number of nitrogens with two attached hydrogens (primary N) is 1. The van der Waals surface area contributed by atoms with E-state index in [9.17, 15) is 14.4 Å². The molecule has 140 valence electrons. The van der Waals surface area contributed by atoms with Crippen molar-refractivity contribution >= 4 is 30.3 Å². The monoisotopic (exact) mass is 372 g/mol. The molecule has 0 heterocycles. The van der Waals surface area contributed by atoms with E-state index in [2.05, 4.69) is 5.32 Å². The molecule has 0 saturated carbocycles. The Balaban J connectivity index is 0.00000576. The number of esters is 1. The van der Waals surface area contributed by atoms with Gasteiger partial charge in [0.15, 0.2) is 0 Å². The number of amides is 1. The average molecular weight is 373 g/mol. The SMILES string of the molecule is CC(C)(C)OC(=O)[C@@H](N)CNC(=O)c1ccc(CCC(=O)O)cc1.Cl. The summed E-state index contributed by atoms with van der Waals surface area (Å²) in [6, 6.07) is 5.66. The third kappa shape index (κ3) is 9.07. The fourth-order valence-corrected chi connectivity index (χ4v) is 1.84. The van der Waals surface area contributed by atoms with Gasteiger partial charge in [0.05, 0.1) is 0 Å². The summed E-state index contributed by atoms with van der Waals surface area (Å²) >= 11 is 0. The molecule has 0 spiro atoms. The molecule has 1 atom stereocenters. The Bertz CT molecular complexity index is 596. The zero-order valence-corrected chi connectivity index (χ0v) is 15.4. The average Bonchev–Trinajstić information content (AvgIpc) is 2.49. The smallest absolute Gasteiger partial charge is 0.325 e. The molecule has 4 N–H and O–H groups in total. The van der Waals surface area contributed by atoms with E-state index >= 15 is 0 Å². The van der Waals surface area contributed by atoms with E-state index in [-0.39, 0.29) is 31.3 Å². The summed E-state index contributed by atoms with van der Waals surface area (Å²) < 4.78 is 5.14. The van der Waals surface area contributed by atoms with Gasteiger partial charge in [-0.25, -0.2) is 0 Å². The quantitative estimate of drug-likeness (QED) is 0.624. The highest BCUT2D eigenvalue weighted by Gasteiger charge is 2.22. The molecule has 1 aromatic rings. The maximum absolute atomic E-state index is 12.0. The van der Waals surface area contributed by atoms with Crippen LogP contribution in [0.3, 0.4) is 0 Å². The summed E-state index contributed by atoms with van der Waals surface area (Å²) in [5.74, 6) is -1.81. The highest BCUT2D eigenvalue weighted by atomic mass is 35.5. The molecule has 25 heavy (non-hydrogen) atoms. The highest BCUT2D eigenvalue weighted by molar-refractivity contribution is 5.94. The van der Waals surface area contributed by atoms with E-state index in [0.29, 0.717) is 12.0 Å². The number of carbonyl (C=O) groups excluding carboxylic acids is 2. The van der Waals surface area contributed by atoms with Crippen molar-refractivity contribution in [1.82, 2.24) is 5.32 Å². The minimum atomic E-state index is -0.942. The number of aliphatic carboxylic acids is 1.